The molecule has 0 atom stereocenters. The standard InChI is InChI=1S/C11H12FNO4/c1-17-10-3-2-7(4-8(10)12)9(14)5-13-6-11(15)16/h2-4,13H,5-6H2,1H3,(H,15,16). The first kappa shape index (κ1) is 13.1. The first-order chi connectivity index (χ1) is 8.04. The van der Waals surface area contributed by atoms with Crippen LogP contribution in [0.25, 0.3) is 0 Å². The Kier molecular flexibility index (Phi) is 4.59. The van der Waals surface area contributed by atoms with Crippen LogP contribution in [0.1, 0.15) is 10.4 Å². The van der Waals surface area contributed by atoms with Crippen molar-refractivity contribution in [2.45, 2.75) is 0 Å². The van der Waals surface area contributed by atoms with Gasteiger partial charge in [0.2, 0.25) is 0 Å². The molecule has 0 spiro atoms. The number of carboxylic acids is 1. The van der Waals surface area contributed by atoms with Crippen LogP contribution < -0.4 is 10.1 Å². The largest absolute Gasteiger partial charge is 0.494 e. The Labute approximate surface area is 97.2 Å². The van der Waals surface area contributed by atoms with E-state index in [1.165, 1.54) is 19.2 Å². The van der Waals surface area contributed by atoms with Gasteiger partial charge in [0.05, 0.1) is 20.2 Å². The van der Waals surface area contributed by atoms with Gasteiger partial charge in [0.15, 0.2) is 17.3 Å². The first-order valence-electron chi connectivity index (χ1n) is 4.84. The van der Waals surface area contributed by atoms with Crippen LogP contribution in [0.4, 0.5) is 4.39 Å². The van der Waals surface area contributed by atoms with Crippen LogP contribution in [0.3, 0.4) is 0 Å². The number of carbonyl (C=O) groups is 2. The number of rotatable bonds is 6. The molecule has 0 radical (unpaired) electrons. The van der Waals surface area contributed by atoms with E-state index in [1.54, 1.807) is 0 Å². The van der Waals surface area contributed by atoms with Crippen molar-refractivity contribution in [3.8, 4) is 5.75 Å². The molecule has 6 heteroatoms. The molecule has 0 aliphatic rings. The van der Waals surface area contributed by atoms with Gasteiger partial charge in [-0.15, -0.1) is 0 Å². The van der Waals surface area contributed by atoms with Crippen molar-refractivity contribution in [1.29, 1.82) is 0 Å². The van der Waals surface area contributed by atoms with Gasteiger partial charge in [0, 0.05) is 5.56 Å². The first-order valence-corrected chi connectivity index (χ1v) is 4.84. The van der Waals surface area contributed by atoms with Crippen molar-refractivity contribution >= 4 is 11.8 Å². The molecule has 0 fully saturated rings. The summed E-state index contributed by atoms with van der Waals surface area (Å²) in [5.74, 6) is -2.01. The van der Waals surface area contributed by atoms with E-state index in [0.29, 0.717) is 0 Å². The summed E-state index contributed by atoms with van der Waals surface area (Å²) in [5.41, 5.74) is 0.168. The summed E-state index contributed by atoms with van der Waals surface area (Å²) < 4.78 is 18.0. The van der Waals surface area contributed by atoms with Crippen molar-refractivity contribution in [2.24, 2.45) is 0 Å². The molecule has 0 aliphatic carbocycles. The Morgan fingerprint density at radius 2 is 2.12 bits per heavy atom. The molecule has 0 bridgehead atoms. The Morgan fingerprint density at radius 1 is 1.41 bits per heavy atom. The van der Waals surface area contributed by atoms with E-state index in [2.05, 4.69) is 5.32 Å². The molecule has 1 aromatic carbocycles. The lowest BCUT2D eigenvalue weighted by molar-refractivity contribution is -0.135. The van der Waals surface area contributed by atoms with E-state index in [0.717, 1.165) is 6.07 Å². The summed E-state index contributed by atoms with van der Waals surface area (Å²) in [4.78, 5) is 21.7. The minimum absolute atomic E-state index is 0.0556. The normalized spacial score (nSPS) is 10.0. The molecule has 5 nitrogen and oxygen atoms in total. The predicted molar refractivity (Wildman–Crippen MR) is 57.8 cm³/mol. The van der Waals surface area contributed by atoms with E-state index in [1.807, 2.05) is 0 Å². The fourth-order valence-corrected chi connectivity index (χ4v) is 1.22. The summed E-state index contributed by atoms with van der Waals surface area (Å²) in [6.45, 7) is -0.470. The van der Waals surface area contributed by atoms with E-state index >= 15 is 0 Å². The van der Waals surface area contributed by atoms with Crippen LogP contribution in [0.2, 0.25) is 0 Å². The van der Waals surface area contributed by atoms with Gasteiger partial charge in [0.1, 0.15) is 0 Å². The fraction of sp³-hybridized carbons (Fsp3) is 0.273. The van der Waals surface area contributed by atoms with Gasteiger partial charge >= 0.3 is 5.97 Å². The smallest absolute Gasteiger partial charge is 0.317 e. The number of ether oxygens (including phenoxy) is 1. The molecule has 1 rings (SSSR count). The number of halogens is 1. The minimum Gasteiger partial charge on any atom is -0.494 e. The molecular formula is C11H12FNO4. The average molecular weight is 241 g/mol. The number of Topliss-reactive ketones (excluding diaryl/α,β-unsaturated/α-hetero) is 1. The molecule has 17 heavy (non-hydrogen) atoms. The second kappa shape index (κ2) is 5.95. The molecule has 0 aliphatic heterocycles. The molecular weight excluding hydrogens is 229 g/mol. The monoisotopic (exact) mass is 241 g/mol. The Bertz CT molecular complexity index is 433. The number of carbonyl (C=O) groups excluding carboxylic acids is 1. The summed E-state index contributed by atoms with van der Waals surface area (Å²) in [6.07, 6.45) is 0. The van der Waals surface area contributed by atoms with Crippen LogP contribution in [-0.2, 0) is 4.79 Å². The predicted octanol–water partition coefficient (Wildman–Crippen LogP) is 0.691. The van der Waals surface area contributed by atoms with E-state index in [-0.39, 0.29) is 30.2 Å². The summed E-state index contributed by atoms with van der Waals surface area (Å²) in [5, 5.41) is 10.8. The highest BCUT2D eigenvalue weighted by Gasteiger charge is 2.10. The van der Waals surface area contributed by atoms with Crippen molar-refractivity contribution in [3.05, 3.63) is 29.6 Å². The van der Waals surface area contributed by atoms with Gasteiger partial charge in [-0.3, -0.25) is 14.9 Å². The Balaban J connectivity index is 2.63. The zero-order valence-electron chi connectivity index (χ0n) is 9.20. The van der Waals surface area contributed by atoms with Crippen molar-refractivity contribution < 1.29 is 23.8 Å². The number of ketones is 1. The summed E-state index contributed by atoms with van der Waals surface area (Å²) in [6, 6.07) is 3.83. The number of aliphatic carboxylic acids is 1. The topological polar surface area (TPSA) is 75.6 Å². The van der Waals surface area contributed by atoms with Gasteiger partial charge in [-0.05, 0) is 18.2 Å². The second-order valence-corrected chi connectivity index (χ2v) is 3.27. The lowest BCUT2D eigenvalue weighted by Gasteiger charge is -2.05. The number of benzene rings is 1. The van der Waals surface area contributed by atoms with Gasteiger partial charge in [-0.1, -0.05) is 0 Å². The summed E-state index contributed by atoms with van der Waals surface area (Å²) >= 11 is 0. The number of carboxylic acid groups (broad SMARTS) is 1. The molecule has 0 aromatic heterocycles. The highest BCUT2D eigenvalue weighted by Crippen LogP contribution is 2.17. The van der Waals surface area contributed by atoms with Crippen LogP contribution in [0.15, 0.2) is 18.2 Å². The number of hydrogen-bond acceptors (Lipinski definition) is 4. The van der Waals surface area contributed by atoms with Crippen LogP contribution in [0, 0.1) is 5.82 Å². The maximum atomic E-state index is 13.3. The molecule has 1 aromatic rings. The van der Waals surface area contributed by atoms with Gasteiger partial charge in [-0.25, -0.2) is 4.39 Å². The fourth-order valence-electron chi connectivity index (χ4n) is 1.22. The van der Waals surface area contributed by atoms with Crippen LogP contribution in [-0.4, -0.2) is 37.1 Å². The third-order valence-corrected chi connectivity index (χ3v) is 2.04. The number of methoxy groups -OCH3 is 1. The summed E-state index contributed by atoms with van der Waals surface area (Å²) in [7, 11) is 1.33. The maximum Gasteiger partial charge on any atom is 0.317 e. The molecule has 0 amide bonds. The van der Waals surface area contributed by atoms with Crippen molar-refractivity contribution in [3.63, 3.8) is 0 Å². The third kappa shape index (κ3) is 3.84. The number of hydrogen-bond donors (Lipinski definition) is 2. The molecule has 0 saturated heterocycles. The third-order valence-electron chi connectivity index (χ3n) is 2.04. The SMILES string of the molecule is COc1ccc(C(=O)CNCC(=O)O)cc1F. The van der Waals surface area contributed by atoms with Gasteiger partial charge in [-0.2, -0.15) is 0 Å². The highest BCUT2D eigenvalue weighted by atomic mass is 19.1. The lowest BCUT2D eigenvalue weighted by Crippen LogP contribution is -2.28. The molecule has 2 N–H and O–H groups in total. The highest BCUT2D eigenvalue weighted by molar-refractivity contribution is 5.97. The Hall–Kier alpha value is -1.95. The number of nitrogens with one attached hydrogen (secondary N) is 1. The molecule has 0 heterocycles. The molecule has 0 saturated carbocycles. The van der Waals surface area contributed by atoms with Crippen LogP contribution in [0.5, 0.6) is 5.75 Å². The Morgan fingerprint density at radius 3 is 2.65 bits per heavy atom. The molecule has 92 valence electrons. The van der Waals surface area contributed by atoms with Gasteiger partial charge in [0.25, 0.3) is 0 Å². The molecule has 0 unspecified atom stereocenters. The zero-order chi connectivity index (χ0) is 12.8. The van der Waals surface area contributed by atoms with E-state index < -0.39 is 11.8 Å². The van der Waals surface area contributed by atoms with Gasteiger partial charge < -0.3 is 9.84 Å². The minimum atomic E-state index is -1.06. The maximum absolute atomic E-state index is 13.3. The quantitative estimate of drug-likeness (QED) is 0.717. The lowest BCUT2D eigenvalue weighted by atomic mass is 10.1. The van der Waals surface area contributed by atoms with E-state index in [4.69, 9.17) is 9.84 Å². The average Bonchev–Trinajstić information content (AvgIpc) is 2.28. The van der Waals surface area contributed by atoms with Crippen molar-refractivity contribution in [1.82, 2.24) is 5.32 Å². The van der Waals surface area contributed by atoms with Crippen molar-refractivity contribution in [2.75, 3.05) is 20.2 Å². The van der Waals surface area contributed by atoms with E-state index in [9.17, 15) is 14.0 Å². The zero-order valence-corrected chi connectivity index (χ0v) is 9.20. The second-order valence-electron chi connectivity index (χ2n) is 3.27. The van der Waals surface area contributed by atoms with Crippen LogP contribution >= 0.6 is 0 Å².